The number of nitrogens with zero attached hydrogens (tertiary/aromatic N) is 3. The highest BCUT2D eigenvalue weighted by atomic mass is 19.4. The first-order valence-electron chi connectivity index (χ1n) is 13.9. The number of pyridine rings is 1. The van der Waals surface area contributed by atoms with Crippen LogP contribution in [0.15, 0.2) is 54.7 Å². The van der Waals surface area contributed by atoms with Gasteiger partial charge in [-0.1, -0.05) is 37.5 Å². The van der Waals surface area contributed by atoms with Gasteiger partial charge in [-0.15, -0.1) is 0 Å². The quantitative estimate of drug-likeness (QED) is 0.358. The van der Waals surface area contributed by atoms with Crippen molar-refractivity contribution in [3.05, 3.63) is 77.2 Å². The molecule has 214 valence electrons. The van der Waals surface area contributed by atoms with E-state index in [2.05, 4.69) is 21.3 Å². The maximum Gasteiger partial charge on any atom is 0.416 e. The fourth-order valence-corrected chi connectivity index (χ4v) is 6.56. The molecule has 1 aliphatic carbocycles. The third-order valence-corrected chi connectivity index (χ3v) is 8.59. The van der Waals surface area contributed by atoms with Gasteiger partial charge in [-0.2, -0.15) is 13.2 Å². The average Bonchev–Trinajstić information content (AvgIpc) is 2.94. The summed E-state index contributed by atoms with van der Waals surface area (Å²) in [6.45, 7) is 1.95. The number of carbonyl (C=O) groups excluding carboxylic acids is 2. The number of anilines is 1. The van der Waals surface area contributed by atoms with Crippen LogP contribution in [0, 0.1) is 11.2 Å². The minimum Gasteiger partial charge on any atom is -0.295 e. The number of rotatable bonds is 4. The van der Waals surface area contributed by atoms with Crippen molar-refractivity contribution in [3.8, 4) is 0 Å². The number of imide groups is 1. The molecule has 0 atom stereocenters. The van der Waals surface area contributed by atoms with Gasteiger partial charge in [0, 0.05) is 49.0 Å². The van der Waals surface area contributed by atoms with E-state index in [-0.39, 0.29) is 24.3 Å². The molecule has 3 aliphatic rings. The number of hydrogen-bond acceptors (Lipinski definition) is 4. The van der Waals surface area contributed by atoms with E-state index in [1.54, 1.807) is 18.2 Å². The summed E-state index contributed by atoms with van der Waals surface area (Å²) in [5.41, 5.74) is 2.25. The predicted octanol–water partition coefficient (Wildman–Crippen LogP) is 6.69. The molecule has 3 heterocycles. The number of benzene rings is 2. The van der Waals surface area contributed by atoms with Crippen molar-refractivity contribution in [1.29, 1.82) is 0 Å². The van der Waals surface area contributed by atoms with Crippen molar-refractivity contribution >= 4 is 34.1 Å². The van der Waals surface area contributed by atoms with Gasteiger partial charge in [0.15, 0.2) is 0 Å². The van der Waals surface area contributed by atoms with E-state index in [0.29, 0.717) is 41.8 Å². The second-order valence-electron chi connectivity index (χ2n) is 11.3. The molecule has 2 aromatic carbocycles. The third-order valence-electron chi connectivity index (χ3n) is 8.59. The third kappa shape index (κ3) is 5.32. The highest BCUT2D eigenvalue weighted by molar-refractivity contribution is 6.06. The number of alkyl halides is 3. The molecule has 3 aromatic rings. The molecule has 6 nitrogen and oxygen atoms in total. The normalized spacial score (nSPS) is 19.9. The molecule has 2 fully saturated rings. The molecule has 1 spiro atoms. The van der Waals surface area contributed by atoms with Gasteiger partial charge in [0.1, 0.15) is 5.82 Å². The summed E-state index contributed by atoms with van der Waals surface area (Å²) in [4.78, 5) is 32.0. The first-order chi connectivity index (χ1) is 19.6. The molecule has 1 saturated heterocycles. The summed E-state index contributed by atoms with van der Waals surface area (Å²) in [7, 11) is 0. The summed E-state index contributed by atoms with van der Waals surface area (Å²) in [5.74, 6) is -0.736. The maximum atomic E-state index is 16.3. The highest BCUT2D eigenvalue weighted by Crippen LogP contribution is 2.50. The van der Waals surface area contributed by atoms with Gasteiger partial charge in [0.05, 0.1) is 23.0 Å². The second kappa shape index (κ2) is 10.6. The standard InChI is InChI=1S/C31H30F4N4O2/c32-28-23(8-9-26-24(28)16-22(17-36-26)39-15-11-27(40)37-29(39)41)25-10-14-38(19-30(25)12-2-1-3-13-30)18-20-4-6-21(7-5-20)31(33,34)35/h4-10,16-17H,1-3,11-15,18-19H2,(H,37,40,41). The molecular weight excluding hydrogens is 536 g/mol. The van der Waals surface area contributed by atoms with Crippen molar-refractivity contribution in [2.24, 2.45) is 5.41 Å². The van der Waals surface area contributed by atoms with Crippen LogP contribution >= 0.6 is 0 Å². The molecule has 1 aromatic heterocycles. The summed E-state index contributed by atoms with van der Waals surface area (Å²) in [6.07, 6.45) is 4.34. The van der Waals surface area contributed by atoms with Crippen LogP contribution in [0.25, 0.3) is 16.5 Å². The van der Waals surface area contributed by atoms with E-state index in [1.807, 2.05) is 0 Å². The summed E-state index contributed by atoms with van der Waals surface area (Å²) in [6, 6.07) is 9.94. The van der Waals surface area contributed by atoms with Crippen LogP contribution in [0.1, 0.15) is 55.2 Å². The molecule has 1 N–H and O–H groups in total. The Hall–Kier alpha value is -3.79. The zero-order valence-corrected chi connectivity index (χ0v) is 22.4. The largest absolute Gasteiger partial charge is 0.416 e. The van der Waals surface area contributed by atoms with Gasteiger partial charge in [0.25, 0.3) is 0 Å². The highest BCUT2D eigenvalue weighted by Gasteiger charge is 2.41. The zero-order valence-electron chi connectivity index (χ0n) is 22.4. The second-order valence-corrected chi connectivity index (χ2v) is 11.3. The van der Waals surface area contributed by atoms with Crippen LogP contribution < -0.4 is 10.2 Å². The van der Waals surface area contributed by atoms with Gasteiger partial charge in [-0.05, 0) is 54.3 Å². The molecule has 0 unspecified atom stereocenters. The lowest BCUT2D eigenvalue weighted by molar-refractivity contribution is -0.137. The fourth-order valence-electron chi connectivity index (χ4n) is 6.56. The lowest BCUT2D eigenvalue weighted by Crippen LogP contribution is -2.49. The van der Waals surface area contributed by atoms with Crippen LogP contribution in [0.2, 0.25) is 0 Å². The van der Waals surface area contributed by atoms with Crippen molar-refractivity contribution in [3.63, 3.8) is 0 Å². The molecule has 0 radical (unpaired) electrons. The minimum atomic E-state index is -4.37. The monoisotopic (exact) mass is 566 g/mol. The van der Waals surface area contributed by atoms with E-state index < -0.39 is 23.6 Å². The Balaban J connectivity index is 1.32. The van der Waals surface area contributed by atoms with Crippen LogP contribution in [0.5, 0.6) is 0 Å². The Labute approximate surface area is 235 Å². The summed E-state index contributed by atoms with van der Waals surface area (Å²) in [5, 5.41) is 2.59. The molecule has 2 aliphatic heterocycles. The van der Waals surface area contributed by atoms with Gasteiger partial charge < -0.3 is 0 Å². The predicted molar refractivity (Wildman–Crippen MR) is 147 cm³/mol. The average molecular weight is 567 g/mol. The fraction of sp³-hybridized carbons (Fsp3) is 0.387. The van der Waals surface area contributed by atoms with Crippen molar-refractivity contribution in [1.82, 2.24) is 15.2 Å². The molecule has 0 bridgehead atoms. The molecule has 41 heavy (non-hydrogen) atoms. The number of urea groups is 1. The zero-order chi connectivity index (χ0) is 28.8. The number of halogens is 4. The van der Waals surface area contributed by atoms with Crippen molar-refractivity contribution in [2.75, 3.05) is 24.5 Å². The van der Waals surface area contributed by atoms with Crippen LogP contribution in [0.3, 0.4) is 0 Å². The van der Waals surface area contributed by atoms with Crippen LogP contribution in [0.4, 0.5) is 28.0 Å². The molecule has 6 rings (SSSR count). The molecule has 1 saturated carbocycles. The number of fused-ring (bicyclic) bond motifs is 1. The number of carbonyl (C=O) groups is 2. The number of nitrogens with one attached hydrogen (secondary N) is 1. The Morgan fingerprint density at radius 1 is 1.00 bits per heavy atom. The number of amides is 3. The van der Waals surface area contributed by atoms with E-state index in [0.717, 1.165) is 55.4 Å². The Bertz CT molecular complexity index is 1530. The Kier molecular flexibility index (Phi) is 7.05. The summed E-state index contributed by atoms with van der Waals surface area (Å²) >= 11 is 0. The molecule has 10 heteroatoms. The van der Waals surface area contributed by atoms with Crippen molar-refractivity contribution < 1.29 is 27.2 Å². The Morgan fingerprint density at radius 3 is 2.46 bits per heavy atom. The van der Waals surface area contributed by atoms with Gasteiger partial charge in [-0.3, -0.25) is 24.9 Å². The number of aromatic nitrogens is 1. The molecule has 3 amide bonds. The Morgan fingerprint density at radius 2 is 1.76 bits per heavy atom. The van der Waals surface area contributed by atoms with Gasteiger partial charge >= 0.3 is 12.2 Å². The SMILES string of the molecule is O=C1CCN(c2cnc3ccc(C4=CCN(Cc5ccc(C(F)(F)F)cc5)CC45CCCCC5)c(F)c3c2)C(=O)N1. The first kappa shape index (κ1) is 27.4. The minimum absolute atomic E-state index is 0.157. The van der Waals surface area contributed by atoms with Gasteiger partial charge in [0.2, 0.25) is 5.91 Å². The van der Waals surface area contributed by atoms with Gasteiger partial charge in [-0.25, -0.2) is 9.18 Å². The van der Waals surface area contributed by atoms with E-state index in [4.69, 9.17) is 0 Å². The summed E-state index contributed by atoms with van der Waals surface area (Å²) < 4.78 is 55.4. The topological polar surface area (TPSA) is 65.5 Å². The van der Waals surface area contributed by atoms with E-state index >= 15 is 4.39 Å². The van der Waals surface area contributed by atoms with Crippen molar-refractivity contribution in [2.45, 2.75) is 51.2 Å². The number of hydrogen-bond donors (Lipinski definition) is 1. The smallest absolute Gasteiger partial charge is 0.295 e. The molecular formula is C31H30F4N4O2. The lowest BCUT2D eigenvalue weighted by atomic mass is 9.65. The van der Waals surface area contributed by atoms with Crippen LogP contribution in [-0.4, -0.2) is 41.5 Å². The lowest BCUT2D eigenvalue weighted by Gasteiger charge is -2.46. The van der Waals surface area contributed by atoms with E-state index in [1.165, 1.54) is 23.2 Å². The maximum absolute atomic E-state index is 16.3. The van der Waals surface area contributed by atoms with Crippen LogP contribution in [-0.2, 0) is 17.5 Å². The first-order valence-corrected chi connectivity index (χ1v) is 13.9. The van der Waals surface area contributed by atoms with E-state index in [9.17, 15) is 22.8 Å².